The summed E-state index contributed by atoms with van der Waals surface area (Å²) >= 11 is 1.55. The van der Waals surface area contributed by atoms with Gasteiger partial charge < -0.3 is 4.57 Å². The van der Waals surface area contributed by atoms with Crippen LogP contribution in [0.1, 0.15) is 16.8 Å². The summed E-state index contributed by atoms with van der Waals surface area (Å²) in [4.78, 5) is 11.8. The maximum absolute atomic E-state index is 11.8. The van der Waals surface area contributed by atoms with Crippen LogP contribution in [0.2, 0.25) is 0 Å². The van der Waals surface area contributed by atoms with Gasteiger partial charge in [-0.05, 0) is 0 Å². The van der Waals surface area contributed by atoms with Gasteiger partial charge in [-0.2, -0.15) is 0 Å². The van der Waals surface area contributed by atoms with Crippen molar-refractivity contribution in [3.63, 3.8) is 0 Å². The summed E-state index contributed by atoms with van der Waals surface area (Å²) in [7, 11) is 1.89. The minimum absolute atomic E-state index is 0.167. The number of aryl methyl sites for hydroxylation is 1. The molecule has 2 rings (SSSR count). The van der Waals surface area contributed by atoms with E-state index in [1.807, 2.05) is 41.9 Å². The van der Waals surface area contributed by atoms with E-state index >= 15 is 0 Å². The summed E-state index contributed by atoms with van der Waals surface area (Å²) in [6.45, 7) is 0. The van der Waals surface area contributed by atoms with Gasteiger partial charge in [-0.25, -0.2) is 0 Å². The minimum atomic E-state index is 0.167. The van der Waals surface area contributed by atoms with Gasteiger partial charge in [0.25, 0.3) is 0 Å². The second-order valence-corrected chi connectivity index (χ2v) is 4.67. The van der Waals surface area contributed by atoms with Crippen LogP contribution in [0.15, 0.2) is 41.8 Å². The molecule has 0 unspecified atom stereocenters. The maximum atomic E-state index is 11.8. The highest BCUT2D eigenvalue weighted by Gasteiger charge is 2.06. The average molecular weight is 247 g/mol. The van der Waals surface area contributed by atoms with Gasteiger partial charge in [0.2, 0.25) is 0 Å². The lowest BCUT2D eigenvalue weighted by molar-refractivity contribution is 0.0989. The van der Waals surface area contributed by atoms with Crippen LogP contribution in [0.25, 0.3) is 0 Å². The normalized spacial score (nSPS) is 10.4. The monoisotopic (exact) mass is 247 g/mol. The second kappa shape index (κ2) is 5.63. The molecule has 4 nitrogen and oxygen atoms in total. The fraction of sp³-hybridized carbons (Fsp3) is 0.250. The van der Waals surface area contributed by atoms with Crippen LogP contribution < -0.4 is 0 Å². The Kier molecular flexibility index (Phi) is 3.93. The first-order valence-corrected chi connectivity index (χ1v) is 6.31. The molecule has 1 aromatic carbocycles. The smallest absolute Gasteiger partial charge is 0.190 e. The molecule has 0 amide bonds. The summed E-state index contributed by atoms with van der Waals surface area (Å²) < 4.78 is 1.84. The molecule has 0 N–H and O–H groups in total. The van der Waals surface area contributed by atoms with Crippen LogP contribution in [-0.4, -0.2) is 26.3 Å². The SMILES string of the molecule is Cn1cnnc1SCCC(=O)c1ccccc1. The van der Waals surface area contributed by atoms with Crippen LogP contribution >= 0.6 is 11.8 Å². The molecule has 0 atom stereocenters. The highest BCUT2D eigenvalue weighted by molar-refractivity contribution is 7.99. The first-order chi connectivity index (χ1) is 8.27. The molecule has 0 saturated carbocycles. The van der Waals surface area contributed by atoms with E-state index in [-0.39, 0.29) is 5.78 Å². The molecule has 17 heavy (non-hydrogen) atoms. The van der Waals surface area contributed by atoms with Gasteiger partial charge in [0.05, 0.1) is 0 Å². The van der Waals surface area contributed by atoms with Gasteiger partial charge in [0.15, 0.2) is 10.9 Å². The van der Waals surface area contributed by atoms with E-state index in [2.05, 4.69) is 10.2 Å². The molecule has 0 spiro atoms. The highest BCUT2D eigenvalue weighted by Crippen LogP contribution is 2.15. The Hall–Kier alpha value is -1.62. The molecule has 2 aromatic rings. The van der Waals surface area contributed by atoms with Gasteiger partial charge in [0, 0.05) is 24.8 Å². The van der Waals surface area contributed by atoms with Gasteiger partial charge in [0.1, 0.15) is 6.33 Å². The minimum Gasteiger partial charge on any atom is -0.312 e. The maximum Gasteiger partial charge on any atom is 0.190 e. The molecule has 0 saturated heterocycles. The number of nitrogens with zero attached hydrogens (tertiary/aromatic N) is 3. The molecule has 0 aliphatic rings. The standard InChI is InChI=1S/C12H13N3OS/c1-15-9-13-14-12(15)17-8-7-11(16)10-5-3-2-4-6-10/h2-6,9H,7-8H2,1H3. The lowest BCUT2D eigenvalue weighted by Gasteiger charge is -2.01. The van der Waals surface area contributed by atoms with Crippen molar-refractivity contribution in [3.05, 3.63) is 42.2 Å². The molecule has 5 heteroatoms. The Bertz CT molecular complexity index is 495. The fourth-order valence-corrected chi connectivity index (χ4v) is 2.23. The number of rotatable bonds is 5. The van der Waals surface area contributed by atoms with Crippen LogP contribution in [0.5, 0.6) is 0 Å². The number of Topliss-reactive ketones (excluding diaryl/α,β-unsaturated/α-hetero) is 1. The van der Waals surface area contributed by atoms with Gasteiger partial charge >= 0.3 is 0 Å². The van der Waals surface area contributed by atoms with Crippen molar-refractivity contribution < 1.29 is 4.79 Å². The molecular weight excluding hydrogens is 234 g/mol. The van der Waals surface area contributed by atoms with Crippen molar-refractivity contribution in [2.45, 2.75) is 11.6 Å². The molecule has 0 fully saturated rings. The van der Waals surface area contributed by atoms with Gasteiger partial charge in [-0.1, -0.05) is 42.1 Å². The van der Waals surface area contributed by atoms with E-state index in [4.69, 9.17) is 0 Å². The van der Waals surface area contributed by atoms with Gasteiger partial charge in [-0.3, -0.25) is 4.79 Å². The molecule has 0 radical (unpaired) electrons. The summed E-state index contributed by atoms with van der Waals surface area (Å²) in [5.41, 5.74) is 0.770. The van der Waals surface area contributed by atoms with E-state index in [0.717, 1.165) is 16.5 Å². The van der Waals surface area contributed by atoms with Crippen molar-refractivity contribution in [1.29, 1.82) is 0 Å². The van der Waals surface area contributed by atoms with E-state index in [9.17, 15) is 4.79 Å². The van der Waals surface area contributed by atoms with E-state index < -0.39 is 0 Å². The number of ketones is 1. The first-order valence-electron chi connectivity index (χ1n) is 5.32. The number of carbonyl (C=O) groups excluding carboxylic acids is 1. The molecular formula is C12H13N3OS. The molecule has 0 aliphatic heterocycles. The number of benzene rings is 1. The van der Waals surface area contributed by atoms with Crippen molar-refractivity contribution in [1.82, 2.24) is 14.8 Å². The quantitative estimate of drug-likeness (QED) is 0.600. The topological polar surface area (TPSA) is 47.8 Å². The summed E-state index contributed by atoms with van der Waals surface area (Å²) in [6.07, 6.45) is 2.17. The zero-order valence-corrected chi connectivity index (χ0v) is 10.4. The molecule has 1 aromatic heterocycles. The third kappa shape index (κ3) is 3.17. The van der Waals surface area contributed by atoms with E-state index in [1.54, 1.807) is 18.1 Å². The Balaban J connectivity index is 1.84. The Morgan fingerprint density at radius 3 is 2.76 bits per heavy atom. The van der Waals surface area contributed by atoms with E-state index in [1.165, 1.54) is 0 Å². The van der Waals surface area contributed by atoms with Crippen molar-refractivity contribution in [2.75, 3.05) is 5.75 Å². The van der Waals surface area contributed by atoms with Crippen molar-refractivity contribution >= 4 is 17.5 Å². The molecule has 88 valence electrons. The average Bonchev–Trinajstić information content (AvgIpc) is 2.76. The number of carbonyl (C=O) groups is 1. The fourth-order valence-electron chi connectivity index (χ4n) is 1.41. The van der Waals surface area contributed by atoms with Crippen LogP contribution in [-0.2, 0) is 7.05 Å². The second-order valence-electron chi connectivity index (χ2n) is 3.61. The lowest BCUT2D eigenvalue weighted by Crippen LogP contribution is -2.00. The predicted molar refractivity (Wildman–Crippen MR) is 67.1 cm³/mol. The Morgan fingerprint density at radius 2 is 2.12 bits per heavy atom. The van der Waals surface area contributed by atoms with Crippen LogP contribution in [0.4, 0.5) is 0 Å². The van der Waals surface area contributed by atoms with E-state index in [0.29, 0.717) is 6.42 Å². The lowest BCUT2D eigenvalue weighted by atomic mass is 10.1. The first kappa shape index (κ1) is 11.9. The summed E-state index contributed by atoms with van der Waals surface area (Å²) in [5.74, 6) is 0.889. The number of hydrogen-bond acceptors (Lipinski definition) is 4. The summed E-state index contributed by atoms with van der Waals surface area (Å²) in [5, 5.41) is 8.57. The zero-order valence-electron chi connectivity index (χ0n) is 9.54. The Morgan fingerprint density at radius 1 is 1.35 bits per heavy atom. The predicted octanol–water partition coefficient (Wildman–Crippen LogP) is 2.18. The third-order valence-electron chi connectivity index (χ3n) is 2.33. The highest BCUT2D eigenvalue weighted by atomic mass is 32.2. The zero-order chi connectivity index (χ0) is 12.1. The van der Waals surface area contributed by atoms with Crippen molar-refractivity contribution in [3.8, 4) is 0 Å². The molecule has 0 aliphatic carbocycles. The summed E-state index contributed by atoms with van der Waals surface area (Å²) in [6, 6.07) is 9.35. The number of hydrogen-bond donors (Lipinski definition) is 0. The van der Waals surface area contributed by atoms with Crippen LogP contribution in [0, 0.1) is 0 Å². The van der Waals surface area contributed by atoms with Gasteiger partial charge in [-0.15, -0.1) is 10.2 Å². The van der Waals surface area contributed by atoms with Crippen LogP contribution in [0.3, 0.4) is 0 Å². The number of thioether (sulfide) groups is 1. The number of aromatic nitrogens is 3. The molecule has 1 heterocycles. The molecule has 0 bridgehead atoms. The Labute approximate surface area is 104 Å². The third-order valence-corrected chi connectivity index (χ3v) is 3.36. The van der Waals surface area contributed by atoms with Crippen molar-refractivity contribution in [2.24, 2.45) is 7.05 Å². The largest absolute Gasteiger partial charge is 0.312 e.